The number of fused-ring (bicyclic) bond motifs is 1. The molecule has 5 heteroatoms. The van der Waals surface area contributed by atoms with E-state index >= 15 is 0 Å². The summed E-state index contributed by atoms with van der Waals surface area (Å²) in [4.78, 5) is 24.0. The Morgan fingerprint density at radius 3 is 2.95 bits per heavy atom. The molecule has 0 amide bonds. The number of H-pyrrole nitrogens is 1. The van der Waals surface area contributed by atoms with E-state index in [1.54, 1.807) is 11.8 Å². The first-order valence-electron chi connectivity index (χ1n) is 7.75. The van der Waals surface area contributed by atoms with E-state index in [0.29, 0.717) is 5.92 Å². The number of thioether (sulfide) groups is 1. The van der Waals surface area contributed by atoms with Gasteiger partial charge in [-0.3, -0.25) is 9.78 Å². The van der Waals surface area contributed by atoms with Gasteiger partial charge >= 0.3 is 0 Å². The number of aromatic amines is 1. The molecular formula is C17H21N3OS. The zero-order valence-electron chi connectivity index (χ0n) is 13.3. The standard InChI is InChI=1S/C17H21N3OS/c1-10(2)12-7-8-18-11(3)14(12)9-22-17-19-15-6-4-5-13(15)16(21)20-17/h7-8,10H,4-6,9H2,1-3H3,(H,19,20,21). The molecule has 2 aromatic rings. The molecule has 22 heavy (non-hydrogen) atoms. The van der Waals surface area contributed by atoms with Crippen molar-refractivity contribution in [2.45, 2.75) is 56.9 Å². The molecule has 0 aromatic carbocycles. The van der Waals surface area contributed by atoms with E-state index in [4.69, 9.17) is 0 Å². The van der Waals surface area contributed by atoms with Gasteiger partial charge in [-0.25, -0.2) is 4.98 Å². The molecule has 116 valence electrons. The summed E-state index contributed by atoms with van der Waals surface area (Å²) in [6.07, 6.45) is 4.70. The van der Waals surface area contributed by atoms with E-state index in [0.717, 1.165) is 47.1 Å². The molecule has 0 aliphatic heterocycles. The normalized spacial score (nSPS) is 13.6. The van der Waals surface area contributed by atoms with Crippen molar-refractivity contribution in [3.05, 3.63) is 50.7 Å². The van der Waals surface area contributed by atoms with Gasteiger partial charge in [-0.15, -0.1) is 0 Å². The number of aryl methyl sites for hydroxylation is 2. The Morgan fingerprint density at radius 1 is 1.36 bits per heavy atom. The third-order valence-electron chi connectivity index (χ3n) is 4.20. The van der Waals surface area contributed by atoms with E-state index in [-0.39, 0.29) is 5.56 Å². The van der Waals surface area contributed by atoms with Gasteiger partial charge < -0.3 is 4.98 Å². The summed E-state index contributed by atoms with van der Waals surface area (Å²) in [7, 11) is 0. The number of pyridine rings is 1. The molecule has 2 heterocycles. The minimum atomic E-state index is 0.0389. The smallest absolute Gasteiger partial charge is 0.254 e. The van der Waals surface area contributed by atoms with Crippen LogP contribution < -0.4 is 5.56 Å². The first-order chi connectivity index (χ1) is 10.6. The third kappa shape index (κ3) is 2.95. The van der Waals surface area contributed by atoms with Gasteiger partial charge in [0.2, 0.25) is 0 Å². The lowest BCUT2D eigenvalue weighted by molar-refractivity contribution is 0.841. The van der Waals surface area contributed by atoms with E-state index in [9.17, 15) is 4.79 Å². The summed E-state index contributed by atoms with van der Waals surface area (Å²) in [5.41, 5.74) is 5.54. The highest BCUT2D eigenvalue weighted by Gasteiger charge is 2.18. The first kappa shape index (κ1) is 15.3. The van der Waals surface area contributed by atoms with E-state index in [1.807, 2.05) is 13.1 Å². The molecule has 0 unspecified atom stereocenters. The molecule has 4 nitrogen and oxygen atoms in total. The summed E-state index contributed by atoms with van der Waals surface area (Å²) in [6, 6.07) is 2.09. The van der Waals surface area contributed by atoms with Gasteiger partial charge in [-0.05, 0) is 49.3 Å². The van der Waals surface area contributed by atoms with Gasteiger partial charge in [0.1, 0.15) is 0 Å². The van der Waals surface area contributed by atoms with Crippen molar-refractivity contribution in [2.24, 2.45) is 0 Å². The Bertz CT molecular complexity index is 752. The van der Waals surface area contributed by atoms with Crippen LogP contribution in [0.2, 0.25) is 0 Å². The number of nitrogens with one attached hydrogen (secondary N) is 1. The first-order valence-corrected chi connectivity index (χ1v) is 8.74. The van der Waals surface area contributed by atoms with Crippen molar-refractivity contribution in [2.75, 3.05) is 0 Å². The summed E-state index contributed by atoms with van der Waals surface area (Å²) in [5.74, 6) is 1.25. The molecule has 0 saturated carbocycles. The maximum Gasteiger partial charge on any atom is 0.254 e. The second-order valence-electron chi connectivity index (χ2n) is 6.06. The van der Waals surface area contributed by atoms with Crippen molar-refractivity contribution < 1.29 is 0 Å². The van der Waals surface area contributed by atoms with Gasteiger partial charge in [0.05, 0.1) is 5.69 Å². The monoisotopic (exact) mass is 315 g/mol. The van der Waals surface area contributed by atoms with Crippen LogP contribution in [0.25, 0.3) is 0 Å². The Labute approximate surface area is 134 Å². The van der Waals surface area contributed by atoms with Crippen molar-refractivity contribution in [3.63, 3.8) is 0 Å². The van der Waals surface area contributed by atoms with Gasteiger partial charge in [0.25, 0.3) is 5.56 Å². The number of aromatic nitrogens is 3. The fraction of sp³-hybridized carbons (Fsp3) is 0.471. The Morgan fingerprint density at radius 2 is 2.18 bits per heavy atom. The van der Waals surface area contributed by atoms with Gasteiger partial charge in [0.15, 0.2) is 5.16 Å². The van der Waals surface area contributed by atoms with Crippen molar-refractivity contribution in [3.8, 4) is 0 Å². The minimum Gasteiger partial charge on any atom is -0.301 e. The number of hydrogen-bond acceptors (Lipinski definition) is 4. The highest BCUT2D eigenvalue weighted by atomic mass is 32.2. The Balaban J connectivity index is 1.85. The number of rotatable bonds is 4. The Hall–Kier alpha value is -1.62. The van der Waals surface area contributed by atoms with Crippen molar-refractivity contribution >= 4 is 11.8 Å². The summed E-state index contributed by atoms with van der Waals surface area (Å²) >= 11 is 1.59. The molecule has 0 atom stereocenters. The average Bonchev–Trinajstić information content (AvgIpc) is 2.94. The van der Waals surface area contributed by atoms with Crippen LogP contribution in [0.4, 0.5) is 0 Å². The third-order valence-corrected chi connectivity index (χ3v) is 5.10. The molecular weight excluding hydrogens is 294 g/mol. The van der Waals surface area contributed by atoms with Crippen LogP contribution in [-0.2, 0) is 18.6 Å². The fourth-order valence-corrected chi connectivity index (χ4v) is 3.97. The highest BCUT2D eigenvalue weighted by molar-refractivity contribution is 7.98. The van der Waals surface area contributed by atoms with E-state index in [2.05, 4.69) is 34.9 Å². The zero-order valence-corrected chi connectivity index (χ0v) is 14.1. The second-order valence-corrected chi connectivity index (χ2v) is 7.02. The number of nitrogens with zero attached hydrogens (tertiary/aromatic N) is 2. The van der Waals surface area contributed by atoms with E-state index < -0.39 is 0 Å². The van der Waals surface area contributed by atoms with Gasteiger partial charge in [-0.2, -0.15) is 0 Å². The van der Waals surface area contributed by atoms with Crippen LogP contribution in [0.15, 0.2) is 22.2 Å². The van der Waals surface area contributed by atoms with Crippen molar-refractivity contribution in [1.29, 1.82) is 0 Å². The topological polar surface area (TPSA) is 58.6 Å². The molecule has 2 aromatic heterocycles. The van der Waals surface area contributed by atoms with Crippen LogP contribution >= 0.6 is 11.8 Å². The summed E-state index contributed by atoms with van der Waals surface area (Å²) in [6.45, 7) is 6.43. The summed E-state index contributed by atoms with van der Waals surface area (Å²) in [5, 5.41) is 0.726. The lowest BCUT2D eigenvalue weighted by Gasteiger charge is -2.14. The maximum absolute atomic E-state index is 12.1. The van der Waals surface area contributed by atoms with Crippen LogP contribution in [0.5, 0.6) is 0 Å². The van der Waals surface area contributed by atoms with Crippen LogP contribution in [0.1, 0.15) is 54.3 Å². The molecule has 0 fully saturated rings. The second kappa shape index (κ2) is 6.24. The SMILES string of the molecule is Cc1nccc(C(C)C)c1CSc1nc2c(c(=O)[nH]1)CCC2. The zero-order chi connectivity index (χ0) is 15.7. The lowest BCUT2D eigenvalue weighted by Crippen LogP contribution is -2.15. The molecule has 1 N–H and O–H groups in total. The summed E-state index contributed by atoms with van der Waals surface area (Å²) < 4.78 is 0. The maximum atomic E-state index is 12.1. The van der Waals surface area contributed by atoms with Crippen LogP contribution in [0.3, 0.4) is 0 Å². The predicted molar refractivity (Wildman–Crippen MR) is 89.5 cm³/mol. The molecule has 0 saturated heterocycles. The molecule has 1 aliphatic carbocycles. The number of hydrogen-bond donors (Lipinski definition) is 1. The van der Waals surface area contributed by atoms with E-state index in [1.165, 1.54) is 11.1 Å². The quantitative estimate of drug-likeness (QED) is 0.694. The lowest BCUT2D eigenvalue weighted by atomic mass is 9.98. The molecule has 0 spiro atoms. The highest BCUT2D eigenvalue weighted by Crippen LogP contribution is 2.28. The average molecular weight is 315 g/mol. The molecule has 0 radical (unpaired) electrons. The Kier molecular flexibility index (Phi) is 4.34. The van der Waals surface area contributed by atoms with Crippen molar-refractivity contribution in [1.82, 2.24) is 15.0 Å². The predicted octanol–water partition coefficient (Wildman–Crippen LogP) is 3.38. The molecule has 3 rings (SSSR count). The van der Waals surface area contributed by atoms with Crippen LogP contribution in [0, 0.1) is 6.92 Å². The molecule has 1 aliphatic rings. The van der Waals surface area contributed by atoms with Crippen LogP contribution in [-0.4, -0.2) is 15.0 Å². The molecule has 0 bridgehead atoms. The van der Waals surface area contributed by atoms with Gasteiger partial charge in [0, 0.05) is 23.2 Å². The fourth-order valence-electron chi connectivity index (χ4n) is 2.97. The minimum absolute atomic E-state index is 0.0389. The van der Waals surface area contributed by atoms with Gasteiger partial charge in [-0.1, -0.05) is 25.6 Å². The largest absolute Gasteiger partial charge is 0.301 e.